The van der Waals surface area contributed by atoms with E-state index in [9.17, 15) is 10.1 Å². The minimum absolute atomic E-state index is 0.191. The molecule has 1 aliphatic rings. The van der Waals surface area contributed by atoms with Crippen molar-refractivity contribution in [3.05, 3.63) is 38.3 Å². The molecule has 0 saturated heterocycles. The standard InChI is InChI=1S/C14H19BrN2O2/c1-2-5-14(6-7-14)10-16-9-11-8-12(15)3-4-13(11)17(18)19/h3-4,8,16H,2,5-7,9-10H2,1H3. The van der Waals surface area contributed by atoms with Crippen molar-refractivity contribution in [2.45, 2.75) is 39.2 Å². The molecule has 0 unspecified atom stereocenters. The Kier molecular flexibility index (Phi) is 4.58. The van der Waals surface area contributed by atoms with Crippen LogP contribution in [0.2, 0.25) is 0 Å². The molecule has 5 heteroatoms. The molecule has 19 heavy (non-hydrogen) atoms. The third kappa shape index (κ3) is 3.76. The van der Waals surface area contributed by atoms with Crippen LogP contribution in [-0.2, 0) is 6.54 Å². The molecule has 0 heterocycles. The lowest BCUT2D eigenvalue weighted by Crippen LogP contribution is -2.23. The van der Waals surface area contributed by atoms with E-state index in [-0.39, 0.29) is 10.6 Å². The van der Waals surface area contributed by atoms with Crippen LogP contribution in [0.5, 0.6) is 0 Å². The van der Waals surface area contributed by atoms with Crippen LogP contribution in [0.1, 0.15) is 38.2 Å². The molecule has 1 aromatic rings. The topological polar surface area (TPSA) is 55.2 Å². The number of rotatable bonds is 7. The lowest BCUT2D eigenvalue weighted by Gasteiger charge is -2.15. The van der Waals surface area contributed by atoms with Crippen LogP contribution >= 0.6 is 15.9 Å². The molecule has 1 saturated carbocycles. The van der Waals surface area contributed by atoms with Gasteiger partial charge in [0, 0.05) is 29.2 Å². The summed E-state index contributed by atoms with van der Waals surface area (Å²) < 4.78 is 0.879. The summed E-state index contributed by atoms with van der Waals surface area (Å²) in [5.74, 6) is 0. The van der Waals surface area contributed by atoms with Crippen molar-refractivity contribution in [1.82, 2.24) is 5.32 Å². The Labute approximate surface area is 121 Å². The summed E-state index contributed by atoms with van der Waals surface area (Å²) >= 11 is 3.36. The van der Waals surface area contributed by atoms with E-state index < -0.39 is 0 Å². The highest BCUT2D eigenvalue weighted by Crippen LogP contribution is 2.48. The molecular weight excluding hydrogens is 308 g/mol. The Hall–Kier alpha value is -0.940. The van der Waals surface area contributed by atoms with Crippen molar-refractivity contribution in [1.29, 1.82) is 0 Å². The Bertz CT molecular complexity index is 473. The van der Waals surface area contributed by atoms with Crippen LogP contribution in [0.4, 0.5) is 5.69 Å². The van der Waals surface area contributed by atoms with E-state index in [2.05, 4.69) is 28.2 Å². The predicted octanol–water partition coefficient (Wildman–Crippen LogP) is 4.03. The highest BCUT2D eigenvalue weighted by atomic mass is 79.9. The van der Waals surface area contributed by atoms with Crippen molar-refractivity contribution in [3.8, 4) is 0 Å². The van der Waals surface area contributed by atoms with Crippen LogP contribution < -0.4 is 5.32 Å². The van der Waals surface area contributed by atoms with E-state index in [0.717, 1.165) is 16.6 Å². The summed E-state index contributed by atoms with van der Waals surface area (Å²) in [4.78, 5) is 10.7. The highest BCUT2D eigenvalue weighted by molar-refractivity contribution is 9.10. The average Bonchev–Trinajstić information content (AvgIpc) is 3.09. The van der Waals surface area contributed by atoms with Crippen molar-refractivity contribution < 1.29 is 4.92 Å². The molecule has 104 valence electrons. The van der Waals surface area contributed by atoms with Crippen molar-refractivity contribution >= 4 is 21.6 Å². The van der Waals surface area contributed by atoms with Gasteiger partial charge in [0.15, 0.2) is 0 Å². The van der Waals surface area contributed by atoms with Gasteiger partial charge in [0.2, 0.25) is 0 Å². The lowest BCUT2D eigenvalue weighted by atomic mass is 10.0. The second-order valence-electron chi connectivity index (χ2n) is 5.38. The first-order valence-electron chi connectivity index (χ1n) is 6.70. The van der Waals surface area contributed by atoms with Gasteiger partial charge >= 0.3 is 0 Å². The van der Waals surface area contributed by atoms with Crippen LogP contribution in [-0.4, -0.2) is 11.5 Å². The first-order chi connectivity index (χ1) is 9.06. The second kappa shape index (κ2) is 6.01. The zero-order chi connectivity index (χ0) is 13.9. The molecule has 1 fully saturated rings. The molecule has 2 rings (SSSR count). The lowest BCUT2D eigenvalue weighted by molar-refractivity contribution is -0.385. The Morgan fingerprint density at radius 2 is 2.21 bits per heavy atom. The average molecular weight is 327 g/mol. The first kappa shape index (κ1) is 14.5. The van der Waals surface area contributed by atoms with Gasteiger partial charge in [0.05, 0.1) is 4.92 Å². The summed E-state index contributed by atoms with van der Waals surface area (Å²) in [6.45, 7) is 3.73. The molecule has 0 spiro atoms. The number of halogens is 1. The maximum Gasteiger partial charge on any atom is 0.273 e. The van der Waals surface area contributed by atoms with Crippen molar-refractivity contribution in [3.63, 3.8) is 0 Å². The molecule has 0 atom stereocenters. The number of nitro groups is 1. The number of benzene rings is 1. The predicted molar refractivity (Wildman–Crippen MR) is 79.1 cm³/mol. The van der Waals surface area contributed by atoms with E-state index in [1.54, 1.807) is 12.1 Å². The van der Waals surface area contributed by atoms with Crippen molar-refractivity contribution in [2.24, 2.45) is 5.41 Å². The van der Waals surface area contributed by atoms with E-state index in [1.807, 2.05) is 6.07 Å². The largest absolute Gasteiger partial charge is 0.312 e. The summed E-state index contributed by atoms with van der Waals surface area (Å²) in [6.07, 6.45) is 5.03. The molecule has 4 nitrogen and oxygen atoms in total. The van der Waals surface area contributed by atoms with Gasteiger partial charge in [-0.2, -0.15) is 0 Å². The van der Waals surface area contributed by atoms with Gasteiger partial charge in [-0.05, 0) is 36.8 Å². The smallest absolute Gasteiger partial charge is 0.273 e. The molecule has 0 amide bonds. The molecule has 0 bridgehead atoms. The maximum atomic E-state index is 11.0. The fraction of sp³-hybridized carbons (Fsp3) is 0.571. The van der Waals surface area contributed by atoms with Crippen LogP contribution in [0.15, 0.2) is 22.7 Å². The normalized spacial score (nSPS) is 16.3. The summed E-state index contributed by atoms with van der Waals surface area (Å²) in [5, 5.41) is 14.4. The summed E-state index contributed by atoms with van der Waals surface area (Å²) in [5.41, 5.74) is 1.40. The Balaban J connectivity index is 1.95. The molecule has 0 radical (unpaired) electrons. The SMILES string of the molecule is CCCC1(CNCc2cc(Br)ccc2[N+](=O)[O-])CC1. The van der Waals surface area contributed by atoms with Crippen molar-refractivity contribution in [2.75, 3.05) is 6.54 Å². The summed E-state index contributed by atoms with van der Waals surface area (Å²) in [7, 11) is 0. The van der Waals surface area contributed by atoms with Gasteiger partial charge < -0.3 is 5.32 Å². The fourth-order valence-electron chi connectivity index (χ4n) is 2.56. The number of nitrogens with zero attached hydrogens (tertiary/aromatic N) is 1. The molecule has 1 N–H and O–H groups in total. The number of hydrogen-bond acceptors (Lipinski definition) is 3. The maximum absolute atomic E-state index is 11.0. The van der Waals surface area contributed by atoms with E-state index in [0.29, 0.717) is 12.0 Å². The highest BCUT2D eigenvalue weighted by Gasteiger charge is 2.40. The Morgan fingerprint density at radius 1 is 1.47 bits per heavy atom. The number of nitrogens with one attached hydrogen (secondary N) is 1. The second-order valence-corrected chi connectivity index (χ2v) is 6.30. The van der Waals surface area contributed by atoms with E-state index in [1.165, 1.54) is 25.7 Å². The minimum atomic E-state index is -0.317. The molecule has 0 aliphatic heterocycles. The van der Waals surface area contributed by atoms with Gasteiger partial charge in [0.1, 0.15) is 0 Å². The van der Waals surface area contributed by atoms with E-state index in [4.69, 9.17) is 0 Å². The third-order valence-corrected chi connectivity index (χ3v) is 4.28. The Morgan fingerprint density at radius 3 is 2.79 bits per heavy atom. The quantitative estimate of drug-likeness (QED) is 0.608. The molecule has 1 aliphatic carbocycles. The molecule has 0 aromatic heterocycles. The van der Waals surface area contributed by atoms with Crippen LogP contribution in [0.3, 0.4) is 0 Å². The zero-order valence-corrected chi connectivity index (χ0v) is 12.7. The number of hydrogen-bond donors (Lipinski definition) is 1. The zero-order valence-electron chi connectivity index (χ0n) is 11.1. The van der Waals surface area contributed by atoms with Gasteiger partial charge in [-0.3, -0.25) is 10.1 Å². The van der Waals surface area contributed by atoms with Gasteiger partial charge in [-0.1, -0.05) is 29.3 Å². The monoisotopic (exact) mass is 326 g/mol. The molecule has 1 aromatic carbocycles. The van der Waals surface area contributed by atoms with Gasteiger partial charge in [0.25, 0.3) is 5.69 Å². The van der Waals surface area contributed by atoms with Gasteiger partial charge in [-0.15, -0.1) is 0 Å². The summed E-state index contributed by atoms with van der Waals surface area (Å²) in [6, 6.07) is 5.09. The van der Waals surface area contributed by atoms with Crippen LogP contribution in [0, 0.1) is 15.5 Å². The number of nitro benzene ring substituents is 1. The van der Waals surface area contributed by atoms with E-state index >= 15 is 0 Å². The molecular formula is C14H19BrN2O2. The van der Waals surface area contributed by atoms with Gasteiger partial charge in [-0.25, -0.2) is 0 Å². The minimum Gasteiger partial charge on any atom is -0.312 e. The fourth-order valence-corrected chi connectivity index (χ4v) is 2.97. The first-order valence-corrected chi connectivity index (χ1v) is 7.49. The van der Waals surface area contributed by atoms with Crippen LogP contribution in [0.25, 0.3) is 0 Å². The third-order valence-electron chi connectivity index (χ3n) is 3.79.